The van der Waals surface area contributed by atoms with Crippen molar-refractivity contribution in [2.24, 2.45) is 0 Å². The average molecular weight is 275 g/mol. The summed E-state index contributed by atoms with van der Waals surface area (Å²) < 4.78 is 17.1. The van der Waals surface area contributed by atoms with Crippen molar-refractivity contribution in [1.29, 1.82) is 0 Å². The van der Waals surface area contributed by atoms with Gasteiger partial charge in [-0.1, -0.05) is 25.1 Å². The number of ether oxygens (including phenoxy) is 2. The molecule has 1 unspecified atom stereocenters. The summed E-state index contributed by atoms with van der Waals surface area (Å²) in [6.45, 7) is 4.48. The van der Waals surface area contributed by atoms with E-state index in [0.717, 1.165) is 36.1 Å². The molecule has 0 bridgehead atoms. The Kier molecular flexibility index (Phi) is 4.35. The molecule has 4 nitrogen and oxygen atoms in total. The molecule has 1 atom stereocenters. The lowest BCUT2D eigenvalue weighted by atomic mass is 10.1. The second-order valence-electron chi connectivity index (χ2n) is 5.10. The van der Waals surface area contributed by atoms with Gasteiger partial charge in [-0.3, -0.25) is 0 Å². The van der Waals surface area contributed by atoms with Gasteiger partial charge in [0, 0.05) is 11.8 Å². The number of nitrogens with one attached hydrogen (secondary N) is 1. The number of furan rings is 1. The molecule has 0 radical (unpaired) electrons. The Morgan fingerprint density at radius 2 is 2.05 bits per heavy atom. The topological polar surface area (TPSA) is 43.6 Å². The molecule has 1 aromatic heterocycles. The summed E-state index contributed by atoms with van der Waals surface area (Å²) in [6, 6.07) is 10.3. The van der Waals surface area contributed by atoms with Crippen molar-refractivity contribution >= 4 is 11.0 Å². The Labute approximate surface area is 119 Å². The normalized spacial score (nSPS) is 17.9. The molecule has 2 aromatic rings. The zero-order chi connectivity index (χ0) is 13.8. The van der Waals surface area contributed by atoms with Crippen molar-refractivity contribution in [2.45, 2.75) is 32.1 Å². The van der Waals surface area contributed by atoms with Crippen LogP contribution in [-0.4, -0.2) is 26.0 Å². The molecule has 2 heterocycles. The van der Waals surface area contributed by atoms with Gasteiger partial charge in [0.05, 0.1) is 19.3 Å². The summed E-state index contributed by atoms with van der Waals surface area (Å²) in [5, 5.41) is 4.66. The summed E-state index contributed by atoms with van der Waals surface area (Å²) in [6.07, 6.45) is 1.74. The van der Waals surface area contributed by atoms with Crippen LogP contribution in [0.5, 0.6) is 0 Å². The Hall–Kier alpha value is -1.36. The Morgan fingerprint density at radius 3 is 2.80 bits per heavy atom. The lowest BCUT2D eigenvalue weighted by Crippen LogP contribution is -2.26. The van der Waals surface area contributed by atoms with Crippen molar-refractivity contribution in [3.8, 4) is 0 Å². The van der Waals surface area contributed by atoms with E-state index in [1.54, 1.807) is 0 Å². The predicted molar refractivity (Wildman–Crippen MR) is 77.6 cm³/mol. The number of hydrogen-bond donors (Lipinski definition) is 1. The van der Waals surface area contributed by atoms with Crippen LogP contribution >= 0.6 is 0 Å². The first-order valence-electron chi connectivity index (χ1n) is 7.32. The van der Waals surface area contributed by atoms with Crippen molar-refractivity contribution in [2.75, 3.05) is 19.8 Å². The van der Waals surface area contributed by atoms with E-state index in [9.17, 15) is 0 Å². The Balaban J connectivity index is 1.79. The minimum absolute atomic E-state index is 0.127. The maximum Gasteiger partial charge on any atom is 0.159 e. The summed E-state index contributed by atoms with van der Waals surface area (Å²) in [7, 11) is 0. The molecule has 3 rings (SSSR count). The lowest BCUT2D eigenvalue weighted by Gasteiger charge is -2.19. The summed E-state index contributed by atoms with van der Waals surface area (Å²) >= 11 is 0. The quantitative estimate of drug-likeness (QED) is 0.879. The molecule has 4 heteroatoms. The SMILES string of the molecule is CCCNC(CC1OCCO1)c1cc2ccccc2o1. The van der Waals surface area contributed by atoms with E-state index in [1.165, 1.54) is 0 Å². The highest BCUT2D eigenvalue weighted by molar-refractivity contribution is 5.77. The van der Waals surface area contributed by atoms with Crippen LogP contribution in [0.3, 0.4) is 0 Å². The van der Waals surface area contributed by atoms with E-state index in [4.69, 9.17) is 13.9 Å². The van der Waals surface area contributed by atoms with Crippen LogP contribution in [0.15, 0.2) is 34.7 Å². The van der Waals surface area contributed by atoms with Gasteiger partial charge in [0.1, 0.15) is 11.3 Å². The van der Waals surface area contributed by atoms with Gasteiger partial charge < -0.3 is 19.2 Å². The largest absolute Gasteiger partial charge is 0.459 e. The van der Waals surface area contributed by atoms with E-state index < -0.39 is 0 Å². The number of rotatable bonds is 6. The fraction of sp³-hybridized carbons (Fsp3) is 0.500. The molecule has 20 heavy (non-hydrogen) atoms. The number of hydrogen-bond acceptors (Lipinski definition) is 4. The highest BCUT2D eigenvalue weighted by Gasteiger charge is 2.24. The van der Waals surface area contributed by atoms with Gasteiger partial charge in [-0.2, -0.15) is 0 Å². The molecule has 0 amide bonds. The first-order valence-corrected chi connectivity index (χ1v) is 7.32. The van der Waals surface area contributed by atoms with Crippen LogP contribution in [0.25, 0.3) is 11.0 Å². The van der Waals surface area contributed by atoms with Gasteiger partial charge in [0.25, 0.3) is 0 Å². The second-order valence-corrected chi connectivity index (χ2v) is 5.10. The molecule has 1 fully saturated rings. The summed E-state index contributed by atoms with van der Waals surface area (Å²) in [5.74, 6) is 0.957. The molecular formula is C16H21NO3. The molecule has 1 aliphatic heterocycles. The summed E-state index contributed by atoms with van der Waals surface area (Å²) in [5.41, 5.74) is 0.930. The first kappa shape index (κ1) is 13.6. The van der Waals surface area contributed by atoms with Crippen LogP contribution in [0.2, 0.25) is 0 Å². The number of benzene rings is 1. The van der Waals surface area contributed by atoms with Crippen LogP contribution in [0.1, 0.15) is 31.6 Å². The fourth-order valence-corrected chi connectivity index (χ4v) is 2.53. The zero-order valence-corrected chi connectivity index (χ0v) is 11.8. The van der Waals surface area contributed by atoms with Gasteiger partial charge >= 0.3 is 0 Å². The Bertz CT molecular complexity index is 512. The average Bonchev–Trinajstić information content (AvgIpc) is 3.12. The number of para-hydroxylation sites is 1. The summed E-state index contributed by atoms with van der Waals surface area (Å²) in [4.78, 5) is 0. The van der Waals surface area contributed by atoms with Crippen LogP contribution in [0.4, 0.5) is 0 Å². The molecule has 0 saturated carbocycles. The fourth-order valence-electron chi connectivity index (χ4n) is 2.53. The third-order valence-corrected chi connectivity index (χ3v) is 3.55. The van der Waals surface area contributed by atoms with Crippen LogP contribution < -0.4 is 5.32 Å². The van der Waals surface area contributed by atoms with Gasteiger partial charge in [0.2, 0.25) is 0 Å². The molecule has 1 aromatic carbocycles. The van der Waals surface area contributed by atoms with E-state index >= 15 is 0 Å². The van der Waals surface area contributed by atoms with Crippen molar-refractivity contribution in [3.05, 3.63) is 36.1 Å². The highest BCUT2D eigenvalue weighted by Crippen LogP contribution is 2.28. The zero-order valence-electron chi connectivity index (χ0n) is 11.8. The van der Waals surface area contributed by atoms with E-state index in [0.29, 0.717) is 13.2 Å². The number of fused-ring (bicyclic) bond motifs is 1. The molecule has 1 N–H and O–H groups in total. The molecular weight excluding hydrogens is 254 g/mol. The van der Waals surface area contributed by atoms with E-state index in [2.05, 4.69) is 24.4 Å². The first-order chi connectivity index (χ1) is 9.86. The monoisotopic (exact) mass is 275 g/mol. The molecule has 0 spiro atoms. The minimum Gasteiger partial charge on any atom is -0.459 e. The third-order valence-electron chi connectivity index (χ3n) is 3.55. The maximum absolute atomic E-state index is 5.96. The molecule has 1 saturated heterocycles. The van der Waals surface area contributed by atoms with Crippen LogP contribution in [0, 0.1) is 0 Å². The highest BCUT2D eigenvalue weighted by atomic mass is 16.7. The smallest absolute Gasteiger partial charge is 0.159 e. The van der Waals surface area contributed by atoms with Gasteiger partial charge in [-0.15, -0.1) is 0 Å². The third kappa shape index (κ3) is 3.03. The van der Waals surface area contributed by atoms with E-state index in [-0.39, 0.29) is 12.3 Å². The molecule has 0 aliphatic carbocycles. The van der Waals surface area contributed by atoms with Gasteiger partial charge in [-0.25, -0.2) is 0 Å². The maximum atomic E-state index is 5.96. The van der Waals surface area contributed by atoms with Gasteiger partial charge in [-0.05, 0) is 25.1 Å². The Morgan fingerprint density at radius 1 is 1.25 bits per heavy atom. The van der Waals surface area contributed by atoms with Crippen molar-refractivity contribution in [3.63, 3.8) is 0 Å². The van der Waals surface area contributed by atoms with Crippen molar-refractivity contribution in [1.82, 2.24) is 5.32 Å². The predicted octanol–water partition coefficient (Wildman–Crippen LogP) is 3.24. The second kappa shape index (κ2) is 6.39. The molecule has 108 valence electrons. The van der Waals surface area contributed by atoms with Gasteiger partial charge in [0.15, 0.2) is 6.29 Å². The van der Waals surface area contributed by atoms with Crippen LogP contribution in [-0.2, 0) is 9.47 Å². The standard InChI is InChI=1S/C16H21NO3/c1-2-7-17-13(11-16-18-8-9-19-16)15-10-12-5-3-4-6-14(12)20-15/h3-6,10,13,16-17H,2,7-9,11H2,1H3. The lowest BCUT2D eigenvalue weighted by molar-refractivity contribution is -0.0541. The molecule has 1 aliphatic rings. The van der Waals surface area contributed by atoms with E-state index in [1.807, 2.05) is 18.2 Å². The minimum atomic E-state index is -0.127. The van der Waals surface area contributed by atoms with Crippen molar-refractivity contribution < 1.29 is 13.9 Å².